The quantitative estimate of drug-likeness (QED) is 0.149. The molecule has 57 heavy (non-hydrogen) atoms. The number of aryl methyl sites for hydroxylation is 4. The molecule has 9 aromatic rings. The van der Waals surface area contributed by atoms with E-state index < -0.39 is 0 Å². The van der Waals surface area contributed by atoms with Crippen molar-refractivity contribution in [2.45, 2.75) is 40.8 Å². The summed E-state index contributed by atoms with van der Waals surface area (Å²) in [6, 6.07) is 34.3. The summed E-state index contributed by atoms with van der Waals surface area (Å²) in [5, 5.41) is 2.37. The third-order valence-electron chi connectivity index (χ3n) is 10.6. The molecule has 0 radical (unpaired) electrons. The first-order valence-electron chi connectivity index (χ1n) is 18.8. The van der Waals surface area contributed by atoms with Crippen LogP contribution in [0.15, 0.2) is 120 Å². The van der Waals surface area contributed by atoms with Gasteiger partial charge in [0, 0.05) is 64.2 Å². The average Bonchev–Trinajstić information content (AvgIpc) is 3.96. The molecule has 0 aliphatic rings. The lowest BCUT2D eigenvalue weighted by atomic mass is 10.00. The van der Waals surface area contributed by atoms with Crippen molar-refractivity contribution in [3.63, 3.8) is 0 Å². The summed E-state index contributed by atoms with van der Waals surface area (Å²) in [6.07, 6.45) is 3.74. The van der Waals surface area contributed by atoms with Crippen LogP contribution in [0.2, 0.25) is 0 Å². The minimum Gasteiger partial charge on any atom is -0.465 e. The summed E-state index contributed by atoms with van der Waals surface area (Å²) in [7, 11) is 2.77. The van der Waals surface area contributed by atoms with E-state index in [0.29, 0.717) is 11.1 Å². The monoisotopic (exact) mass is 820 g/mol. The molecule has 3 aromatic carbocycles. The smallest absolute Gasteiger partial charge is 0.338 e. The van der Waals surface area contributed by atoms with Crippen LogP contribution in [-0.4, -0.2) is 54.1 Å². The Hall–Kier alpha value is -6.46. The standard InChI is InChI=1S/C26H23N3O2.C20H18BrN3O2/c1-4-28-21-13-9-8-12-20(21)23(18-10-6-5-7-11-18)25(28)24-17(2)29-15-14-19(26(30)31-3)16-22(29)27-24;1-4-23-15-8-6-5-7-14(15)17(21)19(23)18-12(2)24-10-9-13(20(25)26-3)11-16(24)22-18/h5-16H,4H2,1-3H3;5-11H,4H2,1-3H3. The van der Waals surface area contributed by atoms with Gasteiger partial charge in [-0.05, 0) is 85.6 Å². The minimum absolute atomic E-state index is 0.362. The van der Waals surface area contributed by atoms with Crippen LogP contribution < -0.4 is 0 Å². The minimum atomic E-state index is -0.364. The molecule has 0 atom stereocenters. The molecule has 0 N–H and O–H groups in total. The number of halogens is 1. The molecule has 0 saturated carbocycles. The number of aromatic nitrogens is 6. The van der Waals surface area contributed by atoms with Gasteiger partial charge in [0.1, 0.15) is 22.7 Å². The van der Waals surface area contributed by atoms with Gasteiger partial charge in [-0.3, -0.25) is 0 Å². The van der Waals surface area contributed by atoms with Crippen molar-refractivity contribution in [3.05, 3.63) is 143 Å². The van der Waals surface area contributed by atoms with E-state index in [9.17, 15) is 9.59 Å². The van der Waals surface area contributed by atoms with Crippen molar-refractivity contribution < 1.29 is 19.1 Å². The third-order valence-corrected chi connectivity index (χ3v) is 11.4. The predicted molar refractivity (Wildman–Crippen MR) is 229 cm³/mol. The summed E-state index contributed by atoms with van der Waals surface area (Å²) >= 11 is 3.78. The first kappa shape index (κ1) is 37.5. The Morgan fingerprint density at radius 1 is 0.614 bits per heavy atom. The number of ether oxygens (including phenoxy) is 2. The Balaban J connectivity index is 0.000000162. The second-order valence-electron chi connectivity index (χ2n) is 13.6. The van der Waals surface area contributed by atoms with Gasteiger partial charge in [0.05, 0.1) is 41.2 Å². The van der Waals surface area contributed by atoms with Gasteiger partial charge in [0.15, 0.2) is 0 Å². The number of carbonyl (C=O) groups excluding carboxylic acids is 2. The number of fused-ring (bicyclic) bond motifs is 4. The number of imidazole rings is 2. The summed E-state index contributed by atoms with van der Waals surface area (Å²) < 4.78 is 19.3. The number of benzene rings is 3. The Bertz CT molecular complexity index is 2990. The van der Waals surface area contributed by atoms with E-state index in [1.807, 2.05) is 46.3 Å². The summed E-state index contributed by atoms with van der Waals surface area (Å²) in [4.78, 5) is 33.6. The maximum absolute atomic E-state index is 12.0. The van der Waals surface area contributed by atoms with E-state index in [0.717, 1.165) is 74.0 Å². The molecule has 0 aliphatic heterocycles. The third kappa shape index (κ3) is 6.28. The fraction of sp³-hybridized carbons (Fsp3) is 0.174. The van der Waals surface area contributed by atoms with Gasteiger partial charge in [0.2, 0.25) is 0 Å². The van der Waals surface area contributed by atoms with Crippen molar-refractivity contribution >= 4 is 61.0 Å². The van der Waals surface area contributed by atoms with Crippen LogP contribution in [0.25, 0.3) is 67.0 Å². The fourth-order valence-electron chi connectivity index (χ4n) is 7.87. The topological polar surface area (TPSA) is 97.1 Å². The highest BCUT2D eigenvalue weighted by atomic mass is 79.9. The predicted octanol–water partition coefficient (Wildman–Crippen LogP) is 10.6. The van der Waals surface area contributed by atoms with E-state index in [1.165, 1.54) is 36.2 Å². The molecular formula is C46H41BrN6O4. The molecule has 9 rings (SSSR count). The van der Waals surface area contributed by atoms with Crippen LogP contribution in [0.3, 0.4) is 0 Å². The van der Waals surface area contributed by atoms with Crippen LogP contribution in [0.5, 0.6) is 0 Å². The number of hydrogen-bond acceptors (Lipinski definition) is 6. The van der Waals surface area contributed by atoms with E-state index in [2.05, 4.69) is 106 Å². The first-order chi connectivity index (χ1) is 27.7. The zero-order valence-corrected chi connectivity index (χ0v) is 34.2. The normalized spacial score (nSPS) is 11.4. The Labute approximate surface area is 338 Å². The molecule has 286 valence electrons. The summed E-state index contributed by atoms with van der Waals surface area (Å²) in [5.74, 6) is -0.726. The highest BCUT2D eigenvalue weighted by Crippen LogP contribution is 2.42. The lowest BCUT2D eigenvalue weighted by Gasteiger charge is -2.10. The number of nitrogens with zero attached hydrogens (tertiary/aromatic N) is 6. The SMILES string of the molecule is CCn1c(-c2nc3cc(C(=O)OC)ccn3c2C)c(-c2ccccc2)c2ccccc21.CCn1c(-c2nc3cc(C(=O)OC)ccn3c2C)c(Br)c2ccccc21. The molecule has 0 amide bonds. The van der Waals surface area contributed by atoms with Crippen LogP contribution in [0, 0.1) is 13.8 Å². The Morgan fingerprint density at radius 3 is 1.60 bits per heavy atom. The molecule has 0 spiro atoms. The van der Waals surface area contributed by atoms with Crippen molar-refractivity contribution in [1.82, 2.24) is 27.9 Å². The van der Waals surface area contributed by atoms with Gasteiger partial charge in [0.25, 0.3) is 0 Å². The van der Waals surface area contributed by atoms with Crippen LogP contribution >= 0.6 is 15.9 Å². The van der Waals surface area contributed by atoms with E-state index in [1.54, 1.807) is 24.3 Å². The molecule has 11 heteroatoms. The molecule has 0 fully saturated rings. The molecule has 6 aromatic heterocycles. The molecule has 10 nitrogen and oxygen atoms in total. The lowest BCUT2D eigenvalue weighted by molar-refractivity contribution is 0.0592. The van der Waals surface area contributed by atoms with Crippen LogP contribution in [-0.2, 0) is 22.6 Å². The summed E-state index contributed by atoms with van der Waals surface area (Å²) in [5.41, 5.74) is 13.1. The number of carbonyl (C=O) groups is 2. The maximum atomic E-state index is 12.0. The number of hydrogen-bond donors (Lipinski definition) is 0. The van der Waals surface area contributed by atoms with Crippen LogP contribution in [0.4, 0.5) is 0 Å². The summed E-state index contributed by atoms with van der Waals surface area (Å²) in [6.45, 7) is 10.1. The van der Waals surface area contributed by atoms with Crippen molar-refractivity contribution in [2.75, 3.05) is 14.2 Å². The maximum Gasteiger partial charge on any atom is 0.338 e. The van der Waals surface area contributed by atoms with Gasteiger partial charge in [-0.1, -0.05) is 66.7 Å². The van der Waals surface area contributed by atoms with Gasteiger partial charge in [-0.2, -0.15) is 0 Å². The second-order valence-corrected chi connectivity index (χ2v) is 14.4. The van der Waals surface area contributed by atoms with Gasteiger partial charge in [-0.25, -0.2) is 19.6 Å². The number of pyridine rings is 2. The van der Waals surface area contributed by atoms with Gasteiger partial charge in [-0.15, -0.1) is 0 Å². The average molecular weight is 822 g/mol. The van der Waals surface area contributed by atoms with E-state index in [4.69, 9.17) is 19.4 Å². The molecule has 0 aliphatic carbocycles. The van der Waals surface area contributed by atoms with Crippen molar-refractivity contribution in [1.29, 1.82) is 0 Å². The Morgan fingerprint density at radius 2 is 1.07 bits per heavy atom. The molecule has 0 bridgehead atoms. The number of methoxy groups -OCH3 is 2. The number of para-hydroxylation sites is 2. The number of rotatable bonds is 7. The lowest BCUT2D eigenvalue weighted by Crippen LogP contribution is -2.02. The molecule has 6 heterocycles. The first-order valence-corrected chi connectivity index (χ1v) is 19.6. The molecule has 0 unspecified atom stereocenters. The zero-order valence-electron chi connectivity index (χ0n) is 32.6. The van der Waals surface area contributed by atoms with Crippen molar-refractivity contribution in [2.24, 2.45) is 0 Å². The van der Waals surface area contributed by atoms with Crippen LogP contribution in [0.1, 0.15) is 46.0 Å². The molecular weight excluding hydrogens is 780 g/mol. The highest BCUT2D eigenvalue weighted by Gasteiger charge is 2.25. The van der Waals surface area contributed by atoms with Crippen molar-refractivity contribution in [3.8, 4) is 33.9 Å². The van der Waals surface area contributed by atoms with E-state index >= 15 is 0 Å². The highest BCUT2D eigenvalue weighted by molar-refractivity contribution is 9.10. The fourth-order valence-corrected chi connectivity index (χ4v) is 8.61. The van der Waals surface area contributed by atoms with E-state index in [-0.39, 0.29) is 11.9 Å². The Kier molecular flexibility index (Phi) is 10.0. The second kappa shape index (κ2) is 15.2. The number of esters is 2. The van der Waals surface area contributed by atoms with Gasteiger partial charge >= 0.3 is 11.9 Å². The largest absolute Gasteiger partial charge is 0.465 e. The molecule has 0 saturated heterocycles. The van der Waals surface area contributed by atoms with Gasteiger partial charge < -0.3 is 27.4 Å². The zero-order chi connectivity index (χ0) is 40.0.